The summed E-state index contributed by atoms with van der Waals surface area (Å²) in [4.78, 5) is 14.6. The Hall–Kier alpha value is -2.88. The molecule has 2 saturated heterocycles. The summed E-state index contributed by atoms with van der Waals surface area (Å²) in [6.45, 7) is 7.09. The van der Waals surface area contributed by atoms with Crippen molar-refractivity contribution < 1.29 is 18.7 Å². The first-order valence-corrected chi connectivity index (χ1v) is 19.0. The maximum atomic E-state index is 15.7. The third-order valence-corrected chi connectivity index (χ3v) is 11.9. The summed E-state index contributed by atoms with van der Waals surface area (Å²) in [5.74, 6) is 0.135. The molecule has 2 aliphatic heterocycles. The Morgan fingerprint density at radius 3 is 2.49 bits per heavy atom. The van der Waals surface area contributed by atoms with E-state index in [9.17, 15) is 9.90 Å². The van der Waals surface area contributed by atoms with E-state index in [-0.39, 0.29) is 42.1 Å². The van der Waals surface area contributed by atoms with Crippen LogP contribution in [0.2, 0.25) is 18.6 Å². The van der Waals surface area contributed by atoms with Gasteiger partial charge in [-0.05, 0) is 74.4 Å². The normalized spacial score (nSPS) is 24.1. The van der Waals surface area contributed by atoms with E-state index >= 15 is 4.11 Å². The molecule has 0 spiro atoms. The van der Waals surface area contributed by atoms with Crippen LogP contribution in [-0.2, 0) is 22.5 Å². The highest BCUT2D eigenvalue weighted by Crippen LogP contribution is 2.47. The van der Waals surface area contributed by atoms with Crippen molar-refractivity contribution in [1.82, 2.24) is 15.0 Å². The van der Waals surface area contributed by atoms with Gasteiger partial charge in [-0.2, -0.15) is 0 Å². The minimum Gasteiger partial charge on any atom is -0.395 e. The van der Waals surface area contributed by atoms with Gasteiger partial charge in [0.15, 0.2) is 0 Å². The highest BCUT2D eigenvalue weighted by atomic mass is 28.4. The largest absolute Gasteiger partial charge is 0.395 e. The van der Waals surface area contributed by atoms with Gasteiger partial charge >= 0.3 is 0 Å². The van der Waals surface area contributed by atoms with Crippen molar-refractivity contribution in [3.8, 4) is 0 Å². The number of ether oxygens (including phenoxy) is 1. The zero-order valence-electron chi connectivity index (χ0n) is 25.9. The summed E-state index contributed by atoms with van der Waals surface area (Å²) in [7, 11) is -2.98. The van der Waals surface area contributed by atoms with Crippen LogP contribution < -0.4 is 4.90 Å². The van der Waals surface area contributed by atoms with Gasteiger partial charge in [0.05, 0.1) is 30.4 Å². The summed E-state index contributed by atoms with van der Waals surface area (Å²) in [5, 5.41) is 18.7. The maximum absolute atomic E-state index is 15.7. The van der Waals surface area contributed by atoms with Crippen molar-refractivity contribution in [2.24, 2.45) is 5.92 Å². The number of nitrogens with zero attached hydrogens (tertiary/aromatic N) is 4. The van der Waals surface area contributed by atoms with Crippen LogP contribution in [-0.4, -0.2) is 59.8 Å². The van der Waals surface area contributed by atoms with Gasteiger partial charge in [0.1, 0.15) is 0 Å². The van der Waals surface area contributed by atoms with Crippen LogP contribution in [0.3, 0.4) is 0 Å². The van der Waals surface area contributed by atoms with Gasteiger partial charge in [-0.15, -0.1) is 5.10 Å². The fourth-order valence-electron chi connectivity index (χ4n) is 7.13. The lowest BCUT2D eigenvalue weighted by Gasteiger charge is -2.28. The number of aliphatic hydroxyl groups excluding tert-OH is 1. The Morgan fingerprint density at radius 1 is 1.02 bits per heavy atom. The molecular weight excluding hydrogens is 559 g/mol. The average Bonchev–Trinajstić information content (AvgIpc) is 3.58. The molecule has 5 atom stereocenters. The van der Waals surface area contributed by atoms with Crippen LogP contribution in [0.15, 0.2) is 60.8 Å². The van der Waals surface area contributed by atoms with Gasteiger partial charge in [-0.1, -0.05) is 67.4 Å². The molecule has 1 unspecified atom stereocenters. The fourth-order valence-corrected chi connectivity index (χ4v) is 9.72. The van der Waals surface area contributed by atoms with Gasteiger partial charge < -0.3 is 18.9 Å². The van der Waals surface area contributed by atoms with Gasteiger partial charge in [-0.25, -0.2) is 0 Å². The van der Waals surface area contributed by atoms with Crippen molar-refractivity contribution in [2.75, 3.05) is 18.1 Å². The van der Waals surface area contributed by atoms with E-state index in [1.807, 2.05) is 41.4 Å². The van der Waals surface area contributed by atoms with Crippen molar-refractivity contribution in [3.63, 3.8) is 0 Å². The van der Waals surface area contributed by atoms with Crippen molar-refractivity contribution in [1.29, 1.82) is 0 Å². The number of amides is 1. The van der Waals surface area contributed by atoms with Crippen molar-refractivity contribution in [2.45, 2.75) is 102 Å². The molecule has 1 amide bonds. The van der Waals surface area contributed by atoms with Crippen LogP contribution in [0.25, 0.3) is 0 Å². The van der Waals surface area contributed by atoms with Gasteiger partial charge in [0.2, 0.25) is 14.3 Å². The lowest BCUT2D eigenvalue weighted by Crippen LogP contribution is -2.36. The molecule has 2 aromatic carbocycles. The predicted octanol–water partition coefficient (Wildman–Crippen LogP) is 6.67. The molecule has 0 saturated carbocycles. The number of hydrogen-bond acceptors (Lipinski definition) is 5. The number of aryl methyl sites for hydroxylation is 2. The second-order valence-electron chi connectivity index (χ2n) is 12.9. The van der Waals surface area contributed by atoms with E-state index in [0.29, 0.717) is 19.4 Å². The lowest BCUT2D eigenvalue weighted by molar-refractivity contribution is -0.118. The molecule has 2 fully saturated rings. The first-order valence-electron chi connectivity index (χ1n) is 16.0. The van der Waals surface area contributed by atoms with E-state index in [1.54, 1.807) is 17.8 Å². The molecule has 1 N–H and O–H groups in total. The topological polar surface area (TPSA) is 80.5 Å². The Bertz CT molecular complexity index is 1310. The third kappa shape index (κ3) is 7.80. The highest BCUT2D eigenvalue weighted by Gasteiger charge is 2.50. The number of hydrogen-bond donors (Lipinski definition) is 1. The smallest absolute Gasteiger partial charge is 0.246 e. The summed E-state index contributed by atoms with van der Waals surface area (Å²) < 4.78 is 24.1. The van der Waals surface area contributed by atoms with E-state index < -0.39 is 8.41 Å². The van der Waals surface area contributed by atoms with Gasteiger partial charge in [0.25, 0.3) is 0 Å². The molecule has 232 valence electrons. The molecule has 43 heavy (non-hydrogen) atoms. The van der Waals surface area contributed by atoms with Crippen molar-refractivity contribution in [3.05, 3.63) is 77.6 Å². The summed E-state index contributed by atoms with van der Waals surface area (Å²) in [6, 6.07) is 18.2. The van der Waals surface area contributed by atoms with Crippen LogP contribution in [0, 0.1) is 5.92 Å². The first kappa shape index (κ1) is 31.5. The van der Waals surface area contributed by atoms with E-state index in [2.05, 4.69) is 41.5 Å². The molecule has 5 rings (SSSR count). The average molecular weight is 607 g/mol. The van der Waals surface area contributed by atoms with Crippen LogP contribution >= 0.6 is 0 Å². The molecule has 7 nitrogen and oxygen atoms in total. The van der Waals surface area contributed by atoms with Gasteiger partial charge in [0, 0.05) is 36.9 Å². The summed E-state index contributed by atoms with van der Waals surface area (Å²) >= 11 is 0. The molecule has 0 radical (unpaired) electrons. The summed E-state index contributed by atoms with van der Waals surface area (Å²) in [6.07, 6.45) is 9.06. The highest BCUT2D eigenvalue weighted by molar-refractivity contribution is 6.72. The SMILES string of the molecule is C[C@@H]1[C@@H]([Si](C)(C)F)[C@H](CCn2cc(C(CO)c3ccccc3)nn2)O[C@@H]1CCc1ccc(N2CCCCCCC2=O)cc1. The van der Waals surface area contributed by atoms with Gasteiger partial charge in [-0.3, -0.25) is 9.48 Å². The number of carbonyl (C=O) groups is 1. The molecular formula is C34H47FN4O3Si. The first-order chi connectivity index (χ1) is 20.7. The lowest BCUT2D eigenvalue weighted by atomic mass is 9.95. The molecule has 3 heterocycles. The third-order valence-electron chi connectivity index (χ3n) is 9.43. The second-order valence-corrected chi connectivity index (χ2v) is 16.7. The molecule has 2 aliphatic rings. The Balaban J connectivity index is 1.19. The minimum atomic E-state index is -2.98. The van der Waals surface area contributed by atoms with Crippen LogP contribution in [0.4, 0.5) is 9.80 Å². The van der Waals surface area contributed by atoms with Crippen LogP contribution in [0.1, 0.15) is 74.6 Å². The number of halogens is 1. The minimum absolute atomic E-state index is 0.00343. The predicted molar refractivity (Wildman–Crippen MR) is 170 cm³/mol. The summed E-state index contributed by atoms with van der Waals surface area (Å²) in [5.41, 5.74) is 3.83. The van der Waals surface area contributed by atoms with Crippen molar-refractivity contribution >= 4 is 20.0 Å². The number of carbonyl (C=O) groups excluding carboxylic acids is 1. The number of aromatic nitrogens is 3. The zero-order valence-corrected chi connectivity index (χ0v) is 26.9. The standard InChI is InChI=1S/C34H47FN4O3Si/c1-25-31(19-16-26-14-17-28(18-15-26)39-21-10-5-4-9-13-33(39)41)42-32(34(25)43(2,3)35)20-22-38-23-30(36-37-38)29(24-40)27-11-7-6-8-12-27/h6-8,11-12,14-15,17-18,23,25,29,31-32,34,40H,4-5,9-10,13,16,19-22,24H2,1-3H3/t25-,29?,31+,32-,34+/m0/s1. The quantitative estimate of drug-likeness (QED) is 0.195. The fraction of sp³-hybridized carbons (Fsp3) is 0.559. The van der Waals surface area contributed by atoms with Crippen LogP contribution in [0.5, 0.6) is 0 Å². The Kier molecular flexibility index (Phi) is 10.5. The number of aliphatic hydroxyl groups is 1. The molecule has 0 bridgehead atoms. The number of benzene rings is 2. The maximum Gasteiger partial charge on any atom is 0.246 e. The number of rotatable bonds is 11. The second kappa shape index (κ2) is 14.3. The zero-order chi connectivity index (χ0) is 30.4. The van der Waals surface area contributed by atoms with E-state index in [0.717, 1.165) is 55.6 Å². The molecule has 1 aromatic heterocycles. The van der Waals surface area contributed by atoms with E-state index in [4.69, 9.17) is 4.74 Å². The van der Waals surface area contributed by atoms with E-state index in [1.165, 1.54) is 12.0 Å². The molecule has 9 heteroatoms. The molecule has 0 aliphatic carbocycles. The Morgan fingerprint density at radius 2 is 1.77 bits per heavy atom. The monoisotopic (exact) mass is 606 g/mol. The Labute approximate surface area is 256 Å². The number of anilines is 1. The molecule has 3 aromatic rings.